The highest BCUT2D eigenvalue weighted by molar-refractivity contribution is 5.92. The molecular formula is C22H29F6N3O6. The molecule has 1 rings (SSSR count). The van der Waals surface area contributed by atoms with Crippen LogP contribution in [0.15, 0.2) is 18.3 Å². The van der Waals surface area contributed by atoms with Gasteiger partial charge in [0.1, 0.15) is 23.6 Å². The van der Waals surface area contributed by atoms with E-state index in [1.165, 1.54) is 39.3 Å². The van der Waals surface area contributed by atoms with Crippen molar-refractivity contribution in [2.45, 2.75) is 76.7 Å². The number of Topliss-reactive ketones (excluding diaryl/α,β-unsaturated/α-hetero) is 1. The summed E-state index contributed by atoms with van der Waals surface area (Å²) in [5, 5.41) is 4.61. The van der Waals surface area contributed by atoms with E-state index in [2.05, 4.69) is 20.4 Å². The molecule has 1 unspecified atom stereocenters. The molecule has 0 aliphatic carbocycles. The van der Waals surface area contributed by atoms with Crippen molar-refractivity contribution in [1.82, 2.24) is 10.3 Å². The Morgan fingerprint density at radius 1 is 1.00 bits per heavy atom. The molecule has 0 saturated carbocycles. The Morgan fingerprint density at radius 2 is 1.57 bits per heavy atom. The van der Waals surface area contributed by atoms with Gasteiger partial charge in [-0.2, -0.15) is 26.3 Å². The van der Waals surface area contributed by atoms with Crippen LogP contribution in [0, 0.1) is 0 Å². The predicted octanol–water partition coefficient (Wildman–Crippen LogP) is 3.96. The van der Waals surface area contributed by atoms with Crippen molar-refractivity contribution >= 4 is 23.6 Å². The fourth-order valence-corrected chi connectivity index (χ4v) is 2.62. The number of nitrogens with zero attached hydrogens (tertiary/aromatic N) is 1. The second kappa shape index (κ2) is 12.1. The largest absolute Gasteiger partial charge is 0.444 e. The van der Waals surface area contributed by atoms with Crippen LogP contribution in [0.3, 0.4) is 0 Å². The zero-order chi connectivity index (χ0) is 28.8. The Kier molecular flexibility index (Phi) is 10.5. The molecule has 15 heteroatoms. The minimum atomic E-state index is -5.82. The summed E-state index contributed by atoms with van der Waals surface area (Å²) in [5.74, 6) is -2.15. The second-order valence-electron chi connectivity index (χ2n) is 9.36. The minimum absolute atomic E-state index is 0.0213. The van der Waals surface area contributed by atoms with E-state index in [9.17, 15) is 40.7 Å². The number of methoxy groups -OCH3 is 1. The number of pyridine rings is 1. The zero-order valence-electron chi connectivity index (χ0n) is 21.0. The number of carbonyl (C=O) groups excluding carboxylic acids is 3. The first kappa shape index (κ1) is 32.1. The van der Waals surface area contributed by atoms with Gasteiger partial charge in [0.25, 0.3) is 5.91 Å². The molecule has 0 aliphatic rings. The molecular weight excluding hydrogens is 516 g/mol. The second-order valence-corrected chi connectivity index (χ2v) is 9.36. The molecule has 0 spiro atoms. The lowest BCUT2D eigenvalue weighted by Crippen LogP contribution is -2.53. The fraction of sp³-hybridized carbons (Fsp3) is 0.636. The quantitative estimate of drug-likeness (QED) is 0.428. The summed E-state index contributed by atoms with van der Waals surface area (Å²) in [6.45, 7) is 5.94. The fourth-order valence-electron chi connectivity index (χ4n) is 2.62. The minimum Gasteiger partial charge on any atom is -0.444 e. The van der Waals surface area contributed by atoms with Gasteiger partial charge in [0.2, 0.25) is 6.10 Å². The van der Waals surface area contributed by atoms with Gasteiger partial charge < -0.3 is 19.5 Å². The molecule has 2 amide bonds. The van der Waals surface area contributed by atoms with Crippen molar-refractivity contribution in [3.05, 3.63) is 23.9 Å². The SMILES string of the molecule is COC(C)(C)C(=O)NC(Cc1ccnc(NC(=O)OC(C)(C)C)c1)C(=O)COC(C(F)(F)F)C(F)(F)F. The average Bonchev–Trinajstić information content (AvgIpc) is 2.69. The molecule has 2 N–H and O–H groups in total. The molecule has 0 aromatic carbocycles. The lowest BCUT2D eigenvalue weighted by Gasteiger charge is -2.27. The number of anilines is 1. The molecule has 1 aromatic heterocycles. The van der Waals surface area contributed by atoms with Crippen molar-refractivity contribution in [3.63, 3.8) is 0 Å². The Bertz CT molecular complexity index is 945. The number of rotatable bonds is 10. The molecule has 210 valence electrons. The average molecular weight is 545 g/mol. The van der Waals surface area contributed by atoms with Crippen LogP contribution in [0.5, 0.6) is 0 Å². The monoisotopic (exact) mass is 545 g/mol. The van der Waals surface area contributed by atoms with Crippen molar-refractivity contribution in [1.29, 1.82) is 0 Å². The van der Waals surface area contributed by atoms with E-state index >= 15 is 0 Å². The Hall–Kier alpha value is -2.94. The maximum atomic E-state index is 12.8. The summed E-state index contributed by atoms with van der Waals surface area (Å²) in [5.41, 5.74) is -2.05. The molecule has 0 fully saturated rings. The number of halogens is 6. The predicted molar refractivity (Wildman–Crippen MR) is 118 cm³/mol. The van der Waals surface area contributed by atoms with Gasteiger partial charge in [0.05, 0.1) is 6.04 Å². The van der Waals surface area contributed by atoms with E-state index in [4.69, 9.17) is 9.47 Å². The van der Waals surface area contributed by atoms with Crippen LogP contribution in [0.4, 0.5) is 37.0 Å². The summed E-state index contributed by atoms with van der Waals surface area (Å²) < 4.78 is 90.7. The molecule has 1 atom stereocenters. The number of carbonyl (C=O) groups is 3. The number of nitrogens with one attached hydrogen (secondary N) is 2. The van der Waals surface area contributed by atoms with Gasteiger partial charge in [-0.25, -0.2) is 9.78 Å². The summed E-state index contributed by atoms with van der Waals surface area (Å²) >= 11 is 0. The summed E-state index contributed by atoms with van der Waals surface area (Å²) in [4.78, 5) is 41.1. The molecule has 1 aromatic rings. The highest BCUT2D eigenvalue weighted by atomic mass is 19.4. The van der Waals surface area contributed by atoms with Gasteiger partial charge >= 0.3 is 18.4 Å². The Balaban J connectivity index is 3.15. The van der Waals surface area contributed by atoms with Crippen LogP contribution in [0.1, 0.15) is 40.2 Å². The van der Waals surface area contributed by atoms with E-state index in [-0.39, 0.29) is 17.8 Å². The van der Waals surface area contributed by atoms with E-state index in [1.807, 2.05) is 0 Å². The molecule has 0 bridgehead atoms. The lowest BCUT2D eigenvalue weighted by atomic mass is 10.0. The van der Waals surface area contributed by atoms with E-state index < -0.39 is 60.1 Å². The summed E-state index contributed by atoms with van der Waals surface area (Å²) in [6, 6.07) is 1.04. The van der Waals surface area contributed by atoms with Crippen LogP contribution < -0.4 is 10.6 Å². The number of alkyl halides is 6. The molecule has 1 heterocycles. The molecule has 0 aliphatic heterocycles. The number of ketones is 1. The lowest BCUT2D eigenvalue weighted by molar-refractivity contribution is -0.319. The van der Waals surface area contributed by atoms with E-state index in [1.54, 1.807) is 20.8 Å². The third-order valence-corrected chi connectivity index (χ3v) is 4.63. The zero-order valence-corrected chi connectivity index (χ0v) is 21.0. The van der Waals surface area contributed by atoms with Gasteiger partial charge in [-0.05, 0) is 52.3 Å². The molecule has 0 radical (unpaired) electrons. The first-order valence-electron chi connectivity index (χ1n) is 10.7. The van der Waals surface area contributed by atoms with Crippen molar-refractivity contribution in [2.24, 2.45) is 0 Å². The van der Waals surface area contributed by atoms with Gasteiger partial charge in [-0.15, -0.1) is 0 Å². The maximum absolute atomic E-state index is 12.8. The molecule has 0 saturated heterocycles. The maximum Gasteiger partial charge on any atom is 0.423 e. The van der Waals surface area contributed by atoms with Crippen LogP contribution in [0.2, 0.25) is 0 Å². The molecule has 9 nitrogen and oxygen atoms in total. The van der Waals surface area contributed by atoms with Gasteiger partial charge in [-0.1, -0.05) is 0 Å². The van der Waals surface area contributed by atoms with Crippen LogP contribution >= 0.6 is 0 Å². The van der Waals surface area contributed by atoms with Gasteiger partial charge in [0.15, 0.2) is 5.78 Å². The Labute approximate surface area is 209 Å². The summed E-state index contributed by atoms with van der Waals surface area (Å²) in [7, 11) is 1.19. The standard InChI is InChI=1S/C22H29F6N3O6/c1-19(2,3)37-18(34)31-15-10-12(7-8-29-15)9-13(30-17(33)20(4,5)35-6)14(32)11-36-16(21(23,24)25)22(26,27)28/h7-8,10,13,16H,9,11H2,1-6H3,(H,30,33)(H,29,31,34). The van der Waals surface area contributed by atoms with Crippen LogP contribution in [-0.2, 0) is 30.2 Å². The van der Waals surface area contributed by atoms with Gasteiger partial charge in [-0.3, -0.25) is 14.9 Å². The molecule has 37 heavy (non-hydrogen) atoms. The number of ether oxygens (including phenoxy) is 3. The van der Waals surface area contributed by atoms with E-state index in [0.29, 0.717) is 0 Å². The Morgan fingerprint density at radius 3 is 2.05 bits per heavy atom. The third-order valence-electron chi connectivity index (χ3n) is 4.63. The highest BCUT2D eigenvalue weighted by Crippen LogP contribution is 2.35. The number of hydrogen-bond acceptors (Lipinski definition) is 7. The number of aromatic nitrogens is 1. The van der Waals surface area contributed by atoms with Crippen molar-refractivity contribution in [2.75, 3.05) is 19.0 Å². The topological polar surface area (TPSA) is 116 Å². The highest BCUT2D eigenvalue weighted by Gasteiger charge is 2.58. The van der Waals surface area contributed by atoms with Crippen LogP contribution in [0.25, 0.3) is 0 Å². The summed E-state index contributed by atoms with van der Waals surface area (Å²) in [6.07, 6.45) is -15.8. The third kappa shape index (κ3) is 10.9. The normalized spacial score (nSPS) is 13.8. The van der Waals surface area contributed by atoms with E-state index in [0.717, 1.165) is 0 Å². The smallest absolute Gasteiger partial charge is 0.423 e. The van der Waals surface area contributed by atoms with Crippen molar-refractivity contribution < 1.29 is 54.9 Å². The number of hydrogen-bond donors (Lipinski definition) is 2. The van der Waals surface area contributed by atoms with Crippen LogP contribution in [-0.4, -0.2) is 72.2 Å². The first-order valence-corrected chi connectivity index (χ1v) is 10.7. The first-order chi connectivity index (χ1) is 16.7. The van der Waals surface area contributed by atoms with Crippen molar-refractivity contribution in [3.8, 4) is 0 Å². The van der Waals surface area contributed by atoms with Gasteiger partial charge in [0, 0.05) is 19.7 Å². The number of amides is 2.